The molecule has 0 aliphatic carbocycles. The van der Waals surface area contributed by atoms with Gasteiger partial charge in [0.25, 0.3) is 0 Å². The smallest absolute Gasteiger partial charge is 0.143 e. The molecule has 0 unspecified atom stereocenters. The summed E-state index contributed by atoms with van der Waals surface area (Å²) in [5.74, 6) is 0. The van der Waals surface area contributed by atoms with Crippen LogP contribution in [0.1, 0.15) is 0 Å². The van der Waals surface area contributed by atoms with E-state index in [2.05, 4.69) is 0 Å². The van der Waals surface area contributed by atoms with Gasteiger partial charge in [-0.1, -0.05) is 0 Å². The molecule has 4 nitrogen and oxygen atoms in total. The molecule has 0 radical (unpaired) electrons. The number of methoxy groups -OCH3 is 2. The Kier molecular flexibility index (Phi) is 2.36. The molecule has 13 heavy (non-hydrogen) atoms. The summed E-state index contributed by atoms with van der Waals surface area (Å²) in [6, 6.07) is 0.0904. The van der Waals surface area contributed by atoms with Gasteiger partial charge in [0.15, 0.2) is 0 Å². The molecule has 74 valence electrons. The number of rotatable bonds is 3. The minimum atomic E-state index is -0.241. The Labute approximate surface area is 78.9 Å². The maximum atomic E-state index is 5.82. The van der Waals surface area contributed by atoms with Gasteiger partial charge in [-0.2, -0.15) is 0 Å². The molecule has 0 aromatic heterocycles. The van der Waals surface area contributed by atoms with Crippen molar-refractivity contribution in [3.63, 3.8) is 0 Å². The molecule has 0 spiro atoms. The lowest BCUT2D eigenvalue weighted by Gasteiger charge is -2.43. The Morgan fingerprint density at radius 2 is 2.31 bits per heavy atom. The zero-order valence-corrected chi connectivity index (χ0v) is 8.28. The summed E-state index contributed by atoms with van der Waals surface area (Å²) in [6.07, 6.45) is 0.0938. The van der Waals surface area contributed by atoms with Crippen molar-refractivity contribution >= 4 is 7.85 Å². The molecule has 2 fully saturated rings. The molecule has 0 amide bonds. The summed E-state index contributed by atoms with van der Waals surface area (Å²) in [6.45, 7) is 1.21. The molecule has 2 aliphatic heterocycles. The van der Waals surface area contributed by atoms with E-state index in [0.29, 0.717) is 13.2 Å². The van der Waals surface area contributed by atoms with Gasteiger partial charge in [-0.05, 0) is 0 Å². The van der Waals surface area contributed by atoms with E-state index < -0.39 is 0 Å². The fourth-order valence-corrected chi connectivity index (χ4v) is 2.26. The van der Waals surface area contributed by atoms with Gasteiger partial charge >= 0.3 is 0 Å². The lowest BCUT2D eigenvalue weighted by molar-refractivity contribution is -0.244. The third-order valence-corrected chi connectivity index (χ3v) is 2.87. The van der Waals surface area contributed by atoms with Crippen molar-refractivity contribution < 1.29 is 18.9 Å². The number of hydrogen-bond acceptors (Lipinski definition) is 4. The molecule has 0 saturated carbocycles. The van der Waals surface area contributed by atoms with Crippen LogP contribution in [0.15, 0.2) is 0 Å². The first-order chi connectivity index (χ1) is 6.23. The zero-order valence-electron chi connectivity index (χ0n) is 8.28. The van der Waals surface area contributed by atoms with Gasteiger partial charge in [0.2, 0.25) is 0 Å². The van der Waals surface area contributed by atoms with Crippen LogP contribution in [0.2, 0.25) is 0 Å². The topological polar surface area (TPSA) is 36.9 Å². The highest BCUT2D eigenvalue weighted by molar-refractivity contribution is 6.11. The monoisotopic (exact) mass is 186 g/mol. The molecule has 0 bridgehead atoms. The van der Waals surface area contributed by atoms with Crippen LogP contribution in [0.3, 0.4) is 0 Å². The molecule has 2 heterocycles. The van der Waals surface area contributed by atoms with Crippen molar-refractivity contribution in [3.8, 4) is 0 Å². The third kappa shape index (κ3) is 1.22. The standard InChI is InChI=1S/C8H15BO4/c1-10-3-8-4-12-6(8)5(11-2)7(9)13-8/h5-7H,3-4,9H2,1-2H3/t5-,6+,7-,8+/m1/s1. The highest BCUT2D eigenvalue weighted by Gasteiger charge is 2.61. The van der Waals surface area contributed by atoms with Gasteiger partial charge in [-0.3, -0.25) is 0 Å². The van der Waals surface area contributed by atoms with Gasteiger partial charge in [0.05, 0.1) is 19.2 Å². The SMILES string of the molecule is B[C@@H]1O[C@@]2(COC)CO[C@H]2[C@H]1OC. The van der Waals surface area contributed by atoms with E-state index >= 15 is 0 Å². The molecule has 0 aromatic carbocycles. The lowest BCUT2D eigenvalue weighted by atomic mass is 9.86. The second-order valence-electron chi connectivity index (χ2n) is 3.75. The van der Waals surface area contributed by atoms with Crippen molar-refractivity contribution in [1.29, 1.82) is 0 Å². The maximum absolute atomic E-state index is 5.82. The number of fused-ring (bicyclic) bond motifs is 1. The predicted octanol–water partition coefficient (Wildman–Crippen LogP) is -1.23. The van der Waals surface area contributed by atoms with Gasteiger partial charge in [0, 0.05) is 14.2 Å². The Morgan fingerprint density at radius 3 is 2.77 bits per heavy atom. The van der Waals surface area contributed by atoms with Crippen LogP contribution in [0.5, 0.6) is 0 Å². The maximum Gasteiger partial charge on any atom is 0.143 e. The Bertz CT molecular complexity index is 201. The van der Waals surface area contributed by atoms with E-state index in [9.17, 15) is 0 Å². The molecule has 4 atom stereocenters. The van der Waals surface area contributed by atoms with E-state index in [1.807, 2.05) is 7.85 Å². The Balaban J connectivity index is 2.08. The normalized spacial score (nSPS) is 48.6. The molecule has 0 N–H and O–H groups in total. The van der Waals surface area contributed by atoms with Crippen LogP contribution in [0.25, 0.3) is 0 Å². The largest absolute Gasteiger partial charge is 0.381 e. The summed E-state index contributed by atoms with van der Waals surface area (Å²) >= 11 is 0. The molecule has 2 rings (SSSR count). The van der Waals surface area contributed by atoms with Crippen LogP contribution in [-0.4, -0.2) is 59.1 Å². The predicted molar refractivity (Wildman–Crippen MR) is 48.6 cm³/mol. The molecular formula is C8H15BO4. The lowest BCUT2D eigenvalue weighted by Crippen LogP contribution is -2.61. The van der Waals surface area contributed by atoms with Crippen molar-refractivity contribution in [2.24, 2.45) is 0 Å². The average Bonchev–Trinajstić information content (AvgIpc) is 2.26. The van der Waals surface area contributed by atoms with Gasteiger partial charge in [-0.25, -0.2) is 0 Å². The van der Waals surface area contributed by atoms with Crippen LogP contribution < -0.4 is 0 Å². The quantitative estimate of drug-likeness (QED) is 0.517. The fraction of sp³-hybridized carbons (Fsp3) is 1.00. The van der Waals surface area contributed by atoms with Gasteiger partial charge in [-0.15, -0.1) is 0 Å². The molecule has 2 saturated heterocycles. The van der Waals surface area contributed by atoms with E-state index in [0.717, 1.165) is 0 Å². The van der Waals surface area contributed by atoms with Crippen molar-refractivity contribution in [1.82, 2.24) is 0 Å². The first-order valence-electron chi connectivity index (χ1n) is 4.54. The minimum absolute atomic E-state index is 0.0453. The van der Waals surface area contributed by atoms with Crippen LogP contribution in [0, 0.1) is 0 Å². The van der Waals surface area contributed by atoms with Crippen LogP contribution >= 0.6 is 0 Å². The summed E-state index contributed by atoms with van der Waals surface area (Å²) in [7, 11) is 5.38. The summed E-state index contributed by atoms with van der Waals surface area (Å²) < 4.78 is 21.7. The average molecular weight is 186 g/mol. The zero-order chi connectivity index (χ0) is 9.47. The molecule has 5 heteroatoms. The van der Waals surface area contributed by atoms with Crippen molar-refractivity contribution in [2.75, 3.05) is 27.4 Å². The second-order valence-corrected chi connectivity index (χ2v) is 3.75. The van der Waals surface area contributed by atoms with E-state index in [4.69, 9.17) is 18.9 Å². The van der Waals surface area contributed by atoms with E-state index in [1.165, 1.54) is 0 Å². The first kappa shape index (κ1) is 9.46. The highest BCUT2D eigenvalue weighted by atomic mass is 16.7. The third-order valence-electron chi connectivity index (χ3n) is 2.87. The molecular weight excluding hydrogens is 171 g/mol. The molecule has 2 aliphatic rings. The van der Waals surface area contributed by atoms with E-state index in [-0.39, 0.29) is 23.8 Å². The molecule has 0 aromatic rings. The number of ether oxygens (including phenoxy) is 4. The Morgan fingerprint density at radius 1 is 1.54 bits per heavy atom. The van der Waals surface area contributed by atoms with E-state index in [1.54, 1.807) is 14.2 Å². The van der Waals surface area contributed by atoms with Crippen LogP contribution in [0.4, 0.5) is 0 Å². The Hall–Kier alpha value is -0.0951. The summed E-state index contributed by atoms with van der Waals surface area (Å²) in [5.41, 5.74) is -0.241. The van der Waals surface area contributed by atoms with Gasteiger partial charge in [0.1, 0.15) is 25.7 Å². The van der Waals surface area contributed by atoms with Crippen molar-refractivity contribution in [2.45, 2.75) is 23.8 Å². The fourth-order valence-electron chi connectivity index (χ4n) is 2.26. The second kappa shape index (κ2) is 3.24. The van der Waals surface area contributed by atoms with Crippen molar-refractivity contribution in [3.05, 3.63) is 0 Å². The summed E-state index contributed by atoms with van der Waals surface area (Å²) in [5, 5.41) is 0. The van der Waals surface area contributed by atoms with Crippen LogP contribution in [-0.2, 0) is 18.9 Å². The minimum Gasteiger partial charge on any atom is -0.381 e. The summed E-state index contributed by atoms with van der Waals surface area (Å²) in [4.78, 5) is 0. The number of hydrogen-bond donors (Lipinski definition) is 0. The van der Waals surface area contributed by atoms with Gasteiger partial charge < -0.3 is 18.9 Å². The highest BCUT2D eigenvalue weighted by Crippen LogP contribution is 2.41. The first-order valence-corrected chi connectivity index (χ1v) is 4.54.